The zero-order valence-corrected chi connectivity index (χ0v) is 22.0. The molecule has 8 nitrogen and oxygen atoms in total. The summed E-state index contributed by atoms with van der Waals surface area (Å²) in [6.07, 6.45) is 5.74. The number of carbonyl (C=O) groups is 1. The summed E-state index contributed by atoms with van der Waals surface area (Å²) in [6.45, 7) is 6.41. The first-order chi connectivity index (χ1) is 17.8. The van der Waals surface area contributed by atoms with Crippen LogP contribution in [0.2, 0.25) is 0 Å². The van der Waals surface area contributed by atoms with Crippen LogP contribution in [0.1, 0.15) is 64.0 Å². The predicted octanol–water partition coefficient (Wildman–Crippen LogP) is 4.42. The normalized spacial score (nSPS) is 19.6. The molecule has 0 spiro atoms. The van der Waals surface area contributed by atoms with Gasteiger partial charge in [0.15, 0.2) is 11.5 Å². The number of aromatic nitrogens is 1. The summed E-state index contributed by atoms with van der Waals surface area (Å²) in [7, 11) is 1.63. The fourth-order valence-electron chi connectivity index (χ4n) is 5.74. The van der Waals surface area contributed by atoms with Crippen molar-refractivity contribution in [3.63, 3.8) is 0 Å². The summed E-state index contributed by atoms with van der Waals surface area (Å²) in [5, 5.41) is 0. The van der Waals surface area contributed by atoms with Gasteiger partial charge in [-0.15, -0.1) is 0 Å². The number of nitrogens with zero attached hydrogens (tertiary/aromatic N) is 1. The standard InChI is InChI=1S/C29H35N3O5/c1-16-14-17(2)31-28(33)22(16)15-32-12-11-21-24(29(32)34)18(3)26(37-20-9-7-19(30)8-10-20)27(35-4)25(21)23-6-5-13-36-23/h5-6,13-14,19-20H,7-12,15,30H2,1-4H3,(H,31,33)/t19-,20-. The van der Waals surface area contributed by atoms with Gasteiger partial charge in [0.05, 0.1) is 37.1 Å². The molecular weight excluding hydrogens is 470 g/mol. The number of aromatic amines is 1. The van der Waals surface area contributed by atoms with Crippen molar-refractivity contribution in [1.82, 2.24) is 9.88 Å². The van der Waals surface area contributed by atoms with Gasteiger partial charge >= 0.3 is 0 Å². The second-order valence-corrected chi connectivity index (χ2v) is 10.3. The molecule has 1 aliphatic heterocycles. The maximum Gasteiger partial charge on any atom is 0.254 e. The first-order valence-electron chi connectivity index (χ1n) is 13.0. The Morgan fingerprint density at radius 2 is 1.86 bits per heavy atom. The number of pyridine rings is 1. The van der Waals surface area contributed by atoms with Crippen LogP contribution in [0.5, 0.6) is 11.5 Å². The average molecular weight is 506 g/mol. The molecule has 3 N–H and O–H groups in total. The van der Waals surface area contributed by atoms with Gasteiger partial charge < -0.3 is 29.5 Å². The lowest BCUT2D eigenvalue weighted by Gasteiger charge is -2.34. The molecule has 1 fully saturated rings. The van der Waals surface area contributed by atoms with Gasteiger partial charge in [-0.05, 0) is 82.2 Å². The van der Waals surface area contributed by atoms with Crippen LogP contribution < -0.4 is 20.8 Å². The van der Waals surface area contributed by atoms with Crippen LogP contribution in [0.15, 0.2) is 33.7 Å². The molecule has 2 aliphatic rings. The van der Waals surface area contributed by atoms with E-state index in [9.17, 15) is 9.59 Å². The number of H-pyrrole nitrogens is 1. The molecule has 3 heterocycles. The highest BCUT2D eigenvalue weighted by atomic mass is 16.5. The van der Waals surface area contributed by atoms with Crippen molar-refractivity contribution >= 4 is 5.91 Å². The van der Waals surface area contributed by atoms with Crippen molar-refractivity contribution < 1.29 is 18.7 Å². The summed E-state index contributed by atoms with van der Waals surface area (Å²) in [5.74, 6) is 1.68. The zero-order chi connectivity index (χ0) is 26.3. The molecule has 0 bridgehead atoms. The minimum atomic E-state index is -0.154. The molecule has 1 aromatic carbocycles. The number of rotatable bonds is 6. The highest BCUT2D eigenvalue weighted by Gasteiger charge is 2.35. The number of furan rings is 1. The fraction of sp³-hybridized carbons (Fsp3) is 0.448. The molecule has 0 unspecified atom stereocenters. The van der Waals surface area contributed by atoms with Crippen molar-refractivity contribution in [2.45, 2.75) is 71.6 Å². The van der Waals surface area contributed by atoms with E-state index in [1.54, 1.807) is 18.3 Å². The Labute approximate surface area is 216 Å². The number of aryl methyl sites for hydroxylation is 2. The number of methoxy groups -OCH3 is 1. The summed E-state index contributed by atoms with van der Waals surface area (Å²) >= 11 is 0. The van der Waals surface area contributed by atoms with Crippen molar-refractivity contribution in [3.05, 3.63) is 68.3 Å². The van der Waals surface area contributed by atoms with Crippen molar-refractivity contribution in [1.29, 1.82) is 0 Å². The molecule has 1 amide bonds. The average Bonchev–Trinajstić information content (AvgIpc) is 3.39. The van der Waals surface area contributed by atoms with E-state index in [-0.39, 0.29) is 30.2 Å². The Hall–Kier alpha value is -3.52. The molecule has 0 saturated heterocycles. The fourth-order valence-corrected chi connectivity index (χ4v) is 5.74. The van der Waals surface area contributed by atoms with Crippen LogP contribution in [0, 0.1) is 20.8 Å². The van der Waals surface area contributed by atoms with Gasteiger partial charge in [0.2, 0.25) is 0 Å². The lowest BCUT2D eigenvalue weighted by Crippen LogP contribution is -2.40. The number of amides is 1. The smallest absolute Gasteiger partial charge is 0.254 e. The number of nitrogens with one attached hydrogen (secondary N) is 1. The van der Waals surface area contributed by atoms with Crippen LogP contribution in [0.4, 0.5) is 0 Å². The molecule has 5 rings (SSSR count). The maximum atomic E-state index is 14.0. The van der Waals surface area contributed by atoms with Crippen LogP contribution in [0.3, 0.4) is 0 Å². The van der Waals surface area contributed by atoms with E-state index >= 15 is 0 Å². The summed E-state index contributed by atoms with van der Waals surface area (Å²) < 4.78 is 18.3. The molecule has 0 radical (unpaired) electrons. The Bertz CT molecular complexity index is 1370. The predicted molar refractivity (Wildman–Crippen MR) is 141 cm³/mol. The Morgan fingerprint density at radius 3 is 2.51 bits per heavy atom. The summed E-state index contributed by atoms with van der Waals surface area (Å²) in [4.78, 5) is 31.3. The molecule has 1 aliphatic carbocycles. The molecule has 2 aromatic heterocycles. The molecule has 1 saturated carbocycles. The van der Waals surface area contributed by atoms with Gasteiger partial charge in [0.1, 0.15) is 5.76 Å². The van der Waals surface area contributed by atoms with Gasteiger partial charge in [0, 0.05) is 29.4 Å². The molecule has 3 aromatic rings. The van der Waals surface area contributed by atoms with E-state index in [4.69, 9.17) is 19.6 Å². The van der Waals surface area contributed by atoms with Crippen LogP contribution in [0.25, 0.3) is 11.3 Å². The monoisotopic (exact) mass is 505 g/mol. The largest absolute Gasteiger partial charge is 0.492 e. The Kier molecular flexibility index (Phi) is 6.86. The minimum Gasteiger partial charge on any atom is -0.492 e. The summed E-state index contributed by atoms with van der Waals surface area (Å²) in [5.41, 5.74) is 11.2. The lowest BCUT2D eigenvalue weighted by atomic mass is 9.87. The van der Waals surface area contributed by atoms with Gasteiger partial charge in [-0.1, -0.05) is 0 Å². The van der Waals surface area contributed by atoms with Gasteiger partial charge in [-0.25, -0.2) is 0 Å². The van der Waals surface area contributed by atoms with Crippen LogP contribution in [-0.4, -0.2) is 41.6 Å². The number of carbonyl (C=O) groups excluding carboxylic acids is 1. The number of nitrogens with two attached hydrogens (primary N) is 1. The second kappa shape index (κ2) is 10.1. The number of fused-ring (bicyclic) bond motifs is 1. The molecule has 8 heteroatoms. The van der Waals surface area contributed by atoms with E-state index in [1.165, 1.54) is 0 Å². The number of hydrogen-bond donors (Lipinski definition) is 2. The molecule has 196 valence electrons. The van der Waals surface area contributed by atoms with Crippen molar-refractivity contribution in [3.8, 4) is 22.8 Å². The van der Waals surface area contributed by atoms with Gasteiger partial charge in [0.25, 0.3) is 11.5 Å². The zero-order valence-electron chi connectivity index (χ0n) is 22.0. The van der Waals surface area contributed by atoms with Crippen LogP contribution >= 0.6 is 0 Å². The quantitative estimate of drug-likeness (QED) is 0.513. The number of benzene rings is 1. The SMILES string of the molecule is COc1c(O[C@H]2CC[C@H](N)CC2)c(C)c2c(c1-c1ccco1)CCN(Cc1c(C)cc(C)[nH]c1=O)C2=O. The molecular formula is C29H35N3O5. The second-order valence-electron chi connectivity index (χ2n) is 10.3. The van der Waals surface area contributed by atoms with E-state index in [0.717, 1.165) is 53.6 Å². The van der Waals surface area contributed by atoms with E-state index in [0.29, 0.717) is 41.4 Å². The lowest BCUT2D eigenvalue weighted by molar-refractivity contribution is 0.0723. The molecule has 0 atom stereocenters. The van der Waals surface area contributed by atoms with Crippen LogP contribution in [-0.2, 0) is 13.0 Å². The topological polar surface area (TPSA) is 111 Å². The van der Waals surface area contributed by atoms with Crippen molar-refractivity contribution in [2.75, 3.05) is 13.7 Å². The van der Waals surface area contributed by atoms with E-state index < -0.39 is 0 Å². The van der Waals surface area contributed by atoms with Gasteiger partial charge in [-0.3, -0.25) is 9.59 Å². The highest BCUT2D eigenvalue weighted by molar-refractivity contribution is 6.02. The molecule has 37 heavy (non-hydrogen) atoms. The maximum absolute atomic E-state index is 14.0. The van der Waals surface area contributed by atoms with Gasteiger partial charge in [-0.2, -0.15) is 0 Å². The third kappa shape index (κ3) is 4.66. The number of hydrogen-bond acceptors (Lipinski definition) is 6. The van der Waals surface area contributed by atoms with Crippen molar-refractivity contribution in [2.24, 2.45) is 5.73 Å². The first kappa shape index (κ1) is 25.1. The minimum absolute atomic E-state index is 0.00142. The Balaban J connectivity index is 1.59. The van der Waals surface area contributed by atoms with E-state index in [1.807, 2.05) is 39.0 Å². The number of ether oxygens (including phenoxy) is 2. The highest BCUT2D eigenvalue weighted by Crippen LogP contribution is 2.48. The summed E-state index contributed by atoms with van der Waals surface area (Å²) in [6, 6.07) is 5.84. The van der Waals surface area contributed by atoms with E-state index in [2.05, 4.69) is 4.98 Å². The first-order valence-corrected chi connectivity index (χ1v) is 13.0. The third-order valence-corrected chi connectivity index (χ3v) is 7.70. The Morgan fingerprint density at radius 1 is 1.11 bits per heavy atom. The third-order valence-electron chi connectivity index (χ3n) is 7.70.